The molecule has 1 aliphatic carbocycles. The Hall–Kier alpha value is -2.69. The average molecular weight is 300 g/mol. The Labute approximate surface area is 128 Å². The molecule has 0 spiro atoms. The van der Waals surface area contributed by atoms with Gasteiger partial charge in [-0.3, -0.25) is 9.59 Å². The van der Waals surface area contributed by atoms with Gasteiger partial charge in [0.05, 0.1) is 18.6 Å². The number of carbonyl (C=O) groups is 3. The molecule has 5 nitrogen and oxygen atoms in total. The minimum atomic E-state index is -0.581. The number of hydrogen-bond acceptors (Lipinski definition) is 5. The Balaban J connectivity index is 2.02. The highest BCUT2D eigenvalue weighted by Gasteiger charge is 2.22. The molecular weight excluding hydrogens is 284 g/mol. The lowest BCUT2D eigenvalue weighted by Gasteiger charge is -2.13. The normalized spacial score (nSPS) is 14.0. The van der Waals surface area contributed by atoms with Gasteiger partial charge in [0, 0.05) is 6.42 Å². The van der Waals surface area contributed by atoms with Crippen LogP contribution in [0, 0.1) is 0 Å². The van der Waals surface area contributed by atoms with E-state index in [1.54, 1.807) is 43.3 Å². The molecule has 0 saturated heterocycles. The summed E-state index contributed by atoms with van der Waals surface area (Å²) >= 11 is 0. The molecule has 0 fully saturated rings. The molecule has 2 rings (SSSR count). The SMILES string of the molecule is CCOC(=O)CC1=CC=C(OC(=O)c2ccccc2)C(=O)C1. The second-order valence-corrected chi connectivity index (χ2v) is 4.69. The maximum atomic E-state index is 12.0. The zero-order chi connectivity index (χ0) is 15.9. The van der Waals surface area contributed by atoms with Gasteiger partial charge in [0.15, 0.2) is 5.76 Å². The molecule has 0 N–H and O–H groups in total. The lowest BCUT2D eigenvalue weighted by Crippen LogP contribution is -2.16. The number of Topliss-reactive ketones (excluding diaryl/α,β-unsaturated/α-hetero) is 1. The molecule has 0 saturated carbocycles. The Morgan fingerprint density at radius 1 is 1.14 bits per heavy atom. The van der Waals surface area contributed by atoms with Crippen molar-refractivity contribution in [2.45, 2.75) is 19.8 Å². The van der Waals surface area contributed by atoms with Crippen molar-refractivity contribution in [1.29, 1.82) is 0 Å². The lowest BCUT2D eigenvalue weighted by molar-refractivity contribution is -0.142. The molecule has 0 aliphatic heterocycles. The highest BCUT2D eigenvalue weighted by atomic mass is 16.5. The van der Waals surface area contributed by atoms with E-state index in [9.17, 15) is 14.4 Å². The van der Waals surface area contributed by atoms with E-state index in [4.69, 9.17) is 9.47 Å². The minimum Gasteiger partial charge on any atom is -0.466 e. The van der Waals surface area contributed by atoms with E-state index in [-0.39, 0.29) is 30.4 Å². The van der Waals surface area contributed by atoms with Crippen LogP contribution in [0.5, 0.6) is 0 Å². The van der Waals surface area contributed by atoms with Gasteiger partial charge < -0.3 is 9.47 Å². The molecule has 0 radical (unpaired) electrons. The summed E-state index contributed by atoms with van der Waals surface area (Å²) in [5, 5.41) is 0. The molecule has 0 aromatic heterocycles. The molecule has 1 aromatic carbocycles. The summed E-state index contributed by atoms with van der Waals surface area (Å²) in [6.45, 7) is 2.02. The molecule has 1 aliphatic rings. The van der Waals surface area contributed by atoms with Gasteiger partial charge in [-0.05, 0) is 25.1 Å². The van der Waals surface area contributed by atoms with Gasteiger partial charge in [-0.15, -0.1) is 0 Å². The summed E-state index contributed by atoms with van der Waals surface area (Å²) in [5.74, 6) is -1.30. The molecule has 0 bridgehead atoms. The van der Waals surface area contributed by atoms with Gasteiger partial charge in [0.25, 0.3) is 0 Å². The van der Waals surface area contributed by atoms with Crippen LogP contribution >= 0.6 is 0 Å². The highest BCUT2D eigenvalue weighted by molar-refractivity contribution is 6.01. The Bertz CT molecular complexity index is 640. The lowest BCUT2D eigenvalue weighted by atomic mass is 10.00. The third-order valence-corrected chi connectivity index (χ3v) is 3.02. The molecule has 0 unspecified atom stereocenters. The number of rotatable bonds is 5. The van der Waals surface area contributed by atoms with Crippen LogP contribution in [0.2, 0.25) is 0 Å². The Morgan fingerprint density at radius 3 is 2.50 bits per heavy atom. The quantitative estimate of drug-likeness (QED) is 0.782. The summed E-state index contributed by atoms with van der Waals surface area (Å²) in [5.41, 5.74) is 1.01. The average Bonchev–Trinajstić information content (AvgIpc) is 2.51. The van der Waals surface area contributed by atoms with Crippen LogP contribution in [-0.2, 0) is 19.1 Å². The first-order chi connectivity index (χ1) is 10.6. The van der Waals surface area contributed by atoms with Crippen LogP contribution in [0.1, 0.15) is 30.1 Å². The zero-order valence-corrected chi connectivity index (χ0v) is 12.2. The number of ether oxygens (including phenoxy) is 2. The van der Waals surface area contributed by atoms with Gasteiger partial charge in [-0.1, -0.05) is 29.8 Å². The van der Waals surface area contributed by atoms with Gasteiger partial charge in [-0.25, -0.2) is 4.79 Å². The predicted octanol–water partition coefficient (Wildman–Crippen LogP) is 2.58. The van der Waals surface area contributed by atoms with Crippen LogP contribution in [0.15, 0.2) is 53.8 Å². The van der Waals surface area contributed by atoms with E-state index >= 15 is 0 Å². The number of benzene rings is 1. The Morgan fingerprint density at radius 2 is 1.86 bits per heavy atom. The smallest absolute Gasteiger partial charge is 0.343 e. The summed E-state index contributed by atoms with van der Waals surface area (Å²) in [6, 6.07) is 8.43. The number of carbonyl (C=O) groups excluding carboxylic acids is 3. The van der Waals surface area contributed by atoms with Gasteiger partial charge in [0.1, 0.15) is 0 Å². The molecule has 22 heavy (non-hydrogen) atoms. The van der Waals surface area contributed by atoms with Crippen molar-refractivity contribution in [3.63, 3.8) is 0 Å². The summed E-state index contributed by atoms with van der Waals surface area (Å²) in [7, 11) is 0. The molecule has 5 heteroatoms. The van der Waals surface area contributed by atoms with Crippen LogP contribution in [0.25, 0.3) is 0 Å². The van der Waals surface area contributed by atoms with Crippen LogP contribution in [0.4, 0.5) is 0 Å². The number of allylic oxidation sites excluding steroid dienone is 3. The summed E-state index contributed by atoms with van der Waals surface area (Å²) in [6.07, 6.45) is 3.15. The number of esters is 2. The third-order valence-electron chi connectivity index (χ3n) is 3.02. The van der Waals surface area contributed by atoms with Crippen LogP contribution < -0.4 is 0 Å². The summed E-state index contributed by atoms with van der Waals surface area (Å²) < 4.78 is 9.93. The fourth-order valence-corrected chi connectivity index (χ4v) is 1.98. The van der Waals surface area contributed by atoms with Crippen molar-refractivity contribution in [1.82, 2.24) is 0 Å². The zero-order valence-electron chi connectivity index (χ0n) is 12.2. The molecular formula is C17H16O5. The largest absolute Gasteiger partial charge is 0.466 e. The third kappa shape index (κ3) is 4.15. The highest BCUT2D eigenvalue weighted by Crippen LogP contribution is 2.20. The van der Waals surface area contributed by atoms with Crippen molar-refractivity contribution in [2.24, 2.45) is 0 Å². The topological polar surface area (TPSA) is 69.7 Å². The van der Waals surface area contributed by atoms with Gasteiger partial charge >= 0.3 is 11.9 Å². The predicted molar refractivity (Wildman–Crippen MR) is 78.9 cm³/mol. The van der Waals surface area contributed by atoms with Crippen LogP contribution in [-0.4, -0.2) is 24.3 Å². The van der Waals surface area contributed by atoms with E-state index in [0.29, 0.717) is 17.7 Å². The van der Waals surface area contributed by atoms with Gasteiger partial charge in [0.2, 0.25) is 5.78 Å². The molecule has 1 aromatic rings. The monoisotopic (exact) mass is 300 g/mol. The maximum absolute atomic E-state index is 12.0. The van der Waals surface area contributed by atoms with Crippen LogP contribution in [0.3, 0.4) is 0 Å². The van der Waals surface area contributed by atoms with E-state index in [1.165, 1.54) is 6.08 Å². The van der Waals surface area contributed by atoms with Crippen molar-refractivity contribution in [3.8, 4) is 0 Å². The second-order valence-electron chi connectivity index (χ2n) is 4.69. The van der Waals surface area contributed by atoms with E-state index in [1.807, 2.05) is 0 Å². The van der Waals surface area contributed by atoms with Crippen molar-refractivity contribution in [3.05, 3.63) is 59.4 Å². The number of ketones is 1. The second kappa shape index (κ2) is 7.36. The molecule has 0 atom stereocenters. The van der Waals surface area contributed by atoms with Gasteiger partial charge in [-0.2, -0.15) is 0 Å². The first-order valence-electron chi connectivity index (χ1n) is 6.96. The minimum absolute atomic E-state index is 0.0125. The van der Waals surface area contributed by atoms with Crippen molar-refractivity contribution in [2.75, 3.05) is 6.61 Å². The molecule has 0 heterocycles. The van der Waals surface area contributed by atoms with Crippen molar-refractivity contribution >= 4 is 17.7 Å². The first-order valence-corrected chi connectivity index (χ1v) is 6.96. The maximum Gasteiger partial charge on any atom is 0.343 e. The van der Waals surface area contributed by atoms with E-state index in [0.717, 1.165) is 0 Å². The Kier molecular flexibility index (Phi) is 5.25. The standard InChI is InChI=1S/C17H16O5/c1-2-21-16(19)11-12-8-9-15(14(18)10-12)22-17(20)13-6-4-3-5-7-13/h3-9H,2,10-11H2,1H3. The van der Waals surface area contributed by atoms with E-state index < -0.39 is 5.97 Å². The first kappa shape index (κ1) is 15.7. The fraction of sp³-hybridized carbons (Fsp3) is 0.235. The fourth-order valence-electron chi connectivity index (χ4n) is 1.98. The van der Waals surface area contributed by atoms with Crippen molar-refractivity contribution < 1.29 is 23.9 Å². The molecule has 0 amide bonds. The number of hydrogen-bond donors (Lipinski definition) is 0. The summed E-state index contributed by atoms with van der Waals surface area (Å²) in [4.78, 5) is 35.2. The van der Waals surface area contributed by atoms with E-state index in [2.05, 4.69) is 0 Å². The molecule has 114 valence electrons.